The summed E-state index contributed by atoms with van der Waals surface area (Å²) in [6.07, 6.45) is 1.98. The Bertz CT molecular complexity index is 988. The summed E-state index contributed by atoms with van der Waals surface area (Å²) in [6.45, 7) is 0.927. The van der Waals surface area contributed by atoms with Crippen LogP contribution in [0, 0.1) is 5.82 Å². The van der Waals surface area contributed by atoms with Crippen LogP contribution in [0.5, 0.6) is 0 Å². The van der Waals surface area contributed by atoms with Crippen molar-refractivity contribution in [1.82, 2.24) is 15.2 Å². The highest BCUT2D eigenvalue weighted by Crippen LogP contribution is 2.36. The van der Waals surface area contributed by atoms with Gasteiger partial charge in [0.1, 0.15) is 10.8 Å². The second-order valence-electron chi connectivity index (χ2n) is 6.98. The van der Waals surface area contributed by atoms with Gasteiger partial charge in [-0.05, 0) is 55.8 Å². The van der Waals surface area contributed by atoms with Gasteiger partial charge in [-0.25, -0.2) is 9.37 Å². The van der Waals surface area contributed by atoms with Gasteiger partial charge in [0.25, 0.3) is 0 Å². The highest BCUT2D eigenvalue weighted by Gasteiger charge is 2.30. The molecule has 1 atom stereocenters. The Morgan fingerprint density at radius 3 is 2.72 bits per heavy atom. The van der Waals surface area contributed by atoms with Crippen LogP contribution < -0.4 is 10.6 Å². The van der Waals surface area contributed by atoms with Gasteiger partial charge in [0, 0.05) is 5.69 Å². The molecule has 1 saturated heterocycles. The zero-order valence-corrected chi connectivity index (χ0v) is 16.5. The summed E-state index contributed by atoms with van der Waals surface area (Å²) in [6, 6.07) is 13.6. The minimum absolute atomic E-state index is 0.129. The Balaban J connectivity index is 1.30. The molecule has 1 aromatic heterocycles. The van der Waals surface area contributed by atoms with Crippen molar-refractivity contribution in [1.29, 1.82) is 0 Å². The number of thiazole rings is 1. The molecule has 0 aliphatic carbocycles. The van der Waals surface area contributed by atoms with E-state index in [1.807, 2.05) is 18.2 Å². The molecule has 6 nitrogen and oxygen atoms in total. The number of aromatic nitrogens is 1. The molecule has 3 aromatic rings. The summed E-state index contributed by atoms with van der Waals surface area (Å²) in [7, 11) is 0. The van der Waals surface area contributed by atoms with E-state index in [1.54, 1.807) is 11.3 Å². The van der Waals surface area contributed by atoms with Gasteiger partial charge in [-0.3, -0.25) is 14.5 Å². The summed E-state index contributed by atoms with van der Waals surface area (Å²) in [4.78, 5) is 31.2. The van der Waals surface area contributed by atoms with Crippen LogP contribution in [-0.4, -0.2) is 41.3 Å². The van der Waals surface area contributed by atoms with Crippen molar-refractivity contribution in [3.8, 4) is 0 Å². The normalized spacial score (nSPS) is 16.8. The predicted octanol–water partition coefficient (Wildman–Crippen LogP) is 3.33. The van der Waals surface area contributed by atoms with Gasteiger partial charge in [0.15, 0.2) is 0 Å². The Morgan fingerprint density at radius 2 is 1.93 bits per heavy atom. The van der Waals surface area contributed by atoms with Crippen LogP contribution in [0.1, 0.15) is 23.9 Å². The smallest absolute Gasteiger partial charge is 0.243 e. The lowest BCUT2D eigenvalue weighted by molar-refractivity contribution is -0.125. The Hall–Kier alpha value is -2.84. The van der Waals surface area contributed by atoms with Crippen molar-refractivity contribution in [3.05, 3.63) is 59.4 Å². The fraction of sp³-hybridized carbons (Fsp3) is 0.286. The van der Waals surface area contributed by atoms with Gasteiger partial charge < -0.3 is 10.6 Å². The van der Waals surface area contributed by atoms with E-state index in [0.29, 0.717) is 5.69 Å². The molecule has 2 heterocycles. The monoisotopic (exact) mass is 412 g/mol. The maximum Gasteiger partial charge on any atom is 0.243 e. The van der Waals surface area contributed by atoms with Gasteiger partial charge in [-0.15, -0.1) is 11.3 Å². The molecular formula is C21H21FN4O2S. The molecule has 150 valence electrons. The molecular weight excluding hydrogens is 391 g/mol. The number of nitrogens with zero attached hydrogens (tertiary/aromatic N) is 2. The summed E-state index contributed by atoms with van der Waals surface area (Å²) in [5.74, 6) is -0.925. The molecule has 29 heavy (non-hydrogen) atoms. The molecule has 0 radical (unpaired) electrons. The fourth-order valence-electron chi connectivity index (χ4n) is 3.49. The van der Waals surface area contributed by atoms with E-state index in [0.717, 1.165) is 34.6 Å². The van der Waals surface area contributed by atoms with Crippen LogP contribution in [0.3, 0.4) is 0 Å². The van der Waals surface area contributed by atoms with Crippen molar-refractivity contribution in [3.63, 3.8) is 0 Å². The number of para-hydroxylation sites is 1. The van der Waals surface area contributed by atoms with Gasteiger partial charge in [-0.2, -0.15) is 0 Å². The number of hydrogen-bond acceptors (Lipinski definition) is 5. The standard InChI is InChI=1S/C21H21FN4O2S/c22-14-7-9-15(10-8-14)24-19(27)12-23-20(28)13-26-11-3-5-17(26)21-25-16-4-1-2-6-18(16)29-21/h1-2,4,6-10,17H,3,5,11-13H2,(H,23,28)(H,24,27)/t17-/m0/s1. The summed E-state index contributed by atoms with van der Waals surface area (Å²) in [5, 5.41) is 6.31. The maximum absolute atomic E-state index is 12.9. The first-order valence-corrected chi connectivity index (χ1v) is 10.3. The Morgan fingerprint density at radius 1 is 1.14 bits per heavy atom. The largest absolute Gasteiger partial charge is 0.346 e. The summed E-state index contributed by atoms with van der Waals surface area (Å²) in [5.41, 5.74) is 1.47. The number of nitrogens with one attached hydrogen (secondary N) is 2. The molecule has 1 aliphatic rings. The first-order chi connectivity index (χ1) is 14.1. The Kier molecular flexibility index (Phi) is 5.82. The minimum atomic E-state index is -0.371. The number of carbonyl (C=O) groups is 2. The van der Waals surface area contributed by atoms with Gasteiger partial charge >= 0.3 is 0 Å². The van der Waals surface area contributed by atoms with Crippen LogP contribution in [-0.2, 0) is 9.59 Å². The number of halogens is 1. The third kappa shape index (κ3) is 4.78. The van der Waals surface area contributed by atoms with Crippen LogP contribution in [0.4, 0.5) is 10.1 Å². The van der Waals surface area contributed by atoms with E-state index < -0.39 is 0 Å². The van der Waals surface area contributed by atoms with Gasteiger partial charge in [0.2, 0.25) is 11.8 Å². The molecule has 0 spiro atoms. The number of amides is 2. The average Bonchev–Trinajstić information content (AvgIpc) is 3.34. The van der Waals surface area contributed by atoms with E-state index >= 15 is 0 Å². The second-order valence-corrected chi connectivity index (χ2v) is 8.04. The summed E-state index contributed by atoms with van der Waals surface area (Å²) < 4.78 is 14.1. The molecule has 8 heteroatoms. The van der Waals surface area contributed by atoms with E-state index in [4.69, 9.17) is 4.98 Å². The molecule has 2 aromatic carbocycles. The lowest BCUT2D eigenvalue weighted by Crippen LogP contribution is -2.40. The Labute approximate surface area is 171 Å². The number of carbonyl (C=O) groups excluding carboxylic acids is 2. The van der Waals surface area contributed by atoms with Crippen LogP contribution in [0.2, 0.25) is 0 Å². The fourth-order valence-corrected chi connectivity index (χ4v) is 4.62. The zero-order chi connectivity index (χ0) is 20.2. The van der Waals surface area contributed by atoms with Gasteiger partial charge in [0.05, 0.1) is 29.3 Å². The van der Waals surface area contributed by atoms with Crippen LogP contribution in [0.25, 0.3) is 10.2 Å². The lowest BCUT2D eigenvalue weighted by Gasteiger charge is -2.22. The van der Waals surface area contributed by atoms with Crippen molar-refractivity contribution in [2.75, 3.05) is 25.0 Å². The molecule has 2 N–H and O–H groups in total. The lowest BCUT2D eigenvalue weighted by atomic mass is 10.2. The molecule has 0 saturated carbocycles. The number of fused-ring (bicyclic) bond motifs is 1. The van der Waals surface area contributed by atoms with E-state index in [1.165, 1.54) is 24.3 Å². The summed E-state index contributed by atoms with van der Waals surface area (Å²) >= 11 is 1.67. The van der Waals surface area contributed by atoms with E-state index in [2.05, 4.69) is 21.6 Å². The zero-order valence-electron chi connectivity index (χ0n) is 15.7. The first kappa shape index (κ1) is 19.5. The number of rotatable bonds is 6. The quantitative estimate of drug-likeness (QED) is 0.651. The maximum atomic E-state index is 12.9. The van der Waals surface area contributed by atoms with Gasteiger partial charge in [-0.1, -0.05) is 12.1 Å². The number of likely N-dealkylation sites (tertiary alicyclic amines) is 1. The third-order valence-electron chi connectivity index (χ3n) is 4.88. The first-order valence-electron chi connectivity index (χ1n) is 9.50. The predicted molar refractivity (Wildman–Crippen MR) is 111 cm³/mol. The highest BCUT2D eigenvalue weighted by molar-refractivity contribution is 7.18. The van der Waals surface area contributed by atoms with Crippen LogP contribution in [0.15, 0.2) is 48.5 Å². The number of benzene rings is 2. The van der Waals surface area contributed by atoms with Crippen molar-refractivity contribution >= 4 is 39.1 Å². The van der Waals surface area contributed by atoms with Crippen molar-refractivity contribution < 1.29 is 14.0 Å². The second kappa shape index (κ2) is 8.67. The SMILES string of the molecule is O=C(CN1CCC[C@H]1c1nc2ccccc2s1)NCC(=O)Nc1ccc(F)cc1. The minimum Gasteiger partial charge on any atom is -0.346 e. The molecule has 0 unspecified atom stereocenters. The van der Waals surface area contributed by atoms with Crippen LogP contribution >= 0.6 is 11.3 Å². The number of hydrogen-bond donors (Lipinski definition) is 2. The molecule has 0 bridgehead atoms. The highest BCUT2D eigenvalue weighted by atomic mass is 32.1. The molecule has 4 rings (SSSR count). The third-order valence-corrected chi connectivity index (χ3v) is 6.02. The molecule has 2 amide bonds. The molecule has 1 aliphatic heterocycles. The average molecular weight is 412 g/mol. The van der Waals surface area contributed by atoms with E-state index in [-0.39, 0.29) is 36.8 Å². The topological polar surface area (TPSA) is 74.3 Å². The van der Waals surface area contributed by atoms with E-state index in [9.17, 15) is 14.0 Å². The van der Waals surface area contributed by atoms with Crippen molar-refractivity contribution in [2.24, 2.45) is 0 Å². The molecule has 1 fully saturated rings. The van der Waals surface area contributed by atoms with Crippen molar-refractivity contribution in [2.45, 2.75) is 18.9 Å². The number of anilines is 1.